The van der Waals surface area contributed by atoms with Crippen molar-refractivity contribution in [1.82, 2.24) is 5.32 Å². The Bertz CT molecular complexity index is 880. The van der Waals surface area contributed by atoms with E-state index in [0.29, 0.717) is 6.42 Å². The quantitative estimate of drug-likeness (QED) is 0.0298. The third-order valence-electron chi connectivity index (χ3n) is 12.1. The topological polar surface area (TPSA) is 169 Å². The summed E-state index contributed by atoms with van der Waals surface area (Å²) in [6, 6.07) is -0.984. The fourth-order valence-electron chi connectivity index (χ4n) is 8.08. The highest BCUT2D eigenvalue weighted by atomic mass is 16.7. The number of carbonyl (C=O) groups excluding carboxylic acids is 1. The number of unbranched alkanes of at least 4 members (excludes halogenated alkanes) is 30. The molecule has 0 bridgehead atoms. The molecule has 1 saturated heterocycles. The lowest BCUT2D eigenvalue weighted by atomic mass is 9.98. The molecule has 0 aliphatic carbocycles. The van der Waals surface area contributed by atoms with E-state index in [2.05, 4.69) is 19.2 Å². The average molecular weight is 816 g/mol. The first kappa shape index (κ1) is 54.2. The Labute approximate surface area is 349 Å². The van der Waals surface area contributed by atoms with Gasteiger partial charge in [0, 0.05) is 6.42 Å². The maximum absolute atomic E-state index is 13.0. The Kier molecular flexibility index (Phi) is 36.2. The van der Waals surface area contributed by atoms with Crippen molar-refractivity contribution in [3.63, 3.8) is 0 Å². The van der Waals surface area contributed by atoms with Crippen molar-refractivity contribution < 1.29 is 44.9 Å². The standard InChI is InChI=1S/C47H93NO9/c1-3-5-7-9-11-13-15-17-19-21-23-25-27-29-31-33-35-40(50)43(52)39(38-56-47-46(55)45(54)44(53)41(37-49)57-47)48-42(51)36-34-32-30-28-26-24-22-20-18-16-14-12-10-8-6-4-2/h39-41,43-47,49-50,52-55H,3-38H2,1-2H3,(H,48,51)/t39-,40+,41+,43-,44+,45?,46?,47+/m0/s1. The number of ether oxygens (including phenoxy) is 2. The summed E-state index contributed by atoms with van der Waals surface area (Å²) < 4.78 is 11.2. The predicted molar refractivity (Wildman–Crippen MR) is 232 cm³/mol. The van der Waals surface area contributed by atoms with Gasteiger partial charge in [0.05, 0.1) is 25.4 Å². The first-order chi connectivity index (χ1) is 27.8. The fraction of sp³-hybridized carbons (Fsp3) is 0.979. The monoisotopic (exact) mass is 816 g/mol. The molecular formula is C47H93NO9. The molecule has 1 amide bonds. The maximum atomic E-state index is 13.0. The zero-order valence-electron chi connectivity index (χ0n) is 37.0. The minimum Gasteiger partial charge on any atom is -0.394 e. The van der Waals surface area contributed by atoms with E-state index in [9.17, 15) is 35.4 Å². The number of rotatable bonds is 41. The highest BCUT2D eigenvalue weighted by Crippen LogP contribution is 2.23. The van der Waals surface area contributed by atoms with Crippen LogP contribution in [0.25, 0.3) is 0 Å². The molecule has 10 heteroatoms. The van der Waals surface area contributed by atoms with Crippen LogP contribution >= 0.6 is 0 Å². The molecule has 0 aromatic rings. The van der Waals surface area contributed by atoms with Gasteiger partial charge in [0.1, 0.15) is 30.5 Å². The van der Waals surface area contributed by atoms with Crippen LogP contribution in [-0.4, -0.2) is 98.7 Å². The second kappa shape index (κ2) is 38.1. The summed E-state index contributed by atoms with van der Waals surface area (Å²) in [5.41, 5.74) is 0. The van der Waals surface area contributed by atoms with Crippen molar-refractivity contribution in [2.75, 3.05) is 13.2 Å². The first-order valence-corrected chi connectivity index (χ1v) is 24.3. The fourth-order valence-corrected chi connectivity index (χ4v) is 8.08. The van der Waals surface area contributed by atoms with Crippen molar-refractivity contribution in [1.29, 1.82) is 0 Å². The van der Waals surface area contributed by atoms with Gasteiger partial charge in [-0.3, -0.25) is 4.79 Å². The summed E-state index contributed by atoms with van der Waals surface area (Å²) in [5.74, 6) is -0.253. The first-order valence-electron chi connectivity index (χ1n) is 24.3. The largest absolute Gasteiger partial charge is 0.394 e. The molecule has 10 nitrogen and oxygen atoms in total. The number of hydrogen-bond donors (Lipinski definition) is 7. The third-order valence-corrected chi connectivity index (χ3v) is 12.1. The van der Waals surface area contributed by atoms with E-state index >= 15 is 0 Å². The van der Waals surface area contributed by atoms with Gasteiger partial charge >= 0.3 is 0 Å². The van der Waals surface area contributed by atoms with Crippen LogP contribution in [0.15, 0.2) is 0 Å². The summed E-state index contributed by atoms with van der Waals surface area (Å²) in [6.45, 7) is 3.63. The van der Waals surface area contributed by atoms with Crippen LogP contribution in [0, 0.1) is 0 Å². The van der Waals surface area contributed by atoms with Gasteiger partial charge < -0.3 is 45.4 Å². The van der Waals surface area contributed by atoms with E-state index in [1.54, 1.807) is 0 Å². The number of carbonyl (C=O) groups is 1. The number of aliphatic hydroxyl groups excluding tert-OH is 6. The van der Waals surface area contributed by atoms with Gasteiger partial charge in [-0.05, 0) is 12.8 Å². The minimum absolute atomic E-state index is 0.253. The molecule has 8 atom stereocenters. The SMILES string of the molecule is CCCCCCCCCCCCCCCCCCC(=O)N[C@@H](CO[C@@H]1O[C@H](CO)[C@@H](O)C(O)C1O)[C@H](O)[C@H](O)CCCCCCCCCCCCCCCCCC. The van der Waals surface area contributed by atoms with E-state index < -0.39 is 55.6 Å². The molecule has 0 spiro atoms. The zero-order chi connectivity index (χ0) is 41.8. The summed E-state index contributed by atoms with van der Waals surface area (Å²) in [4.78, 5) is 13.0. The second-order valence-electron chi connectivity index (χ2n) is 17.4. The third kappa shape index (κ3) is 28.3. The number of nitrogens with one attached hydrogen (secondary N) is 1. The number of amides is 1. The van der Waals surface area contributed by atoms with Crippen molar-refractivity contribution >= 4 is 5.91 Å². The molecule has 1 rings (SSSR count). The minimum atomic E-state index is -1.60. The van der Waals surface area contributed by atoms with Crippen LogP contribution in [0.5, 0.6) is 0 Å². The Morgan fingerprint density at radius 2 is 0.912 bits per heavy atom. The molecule has 2 unspecified atom stereocenters. The Morgan fingerprint density at radius 1 is 0.544 bits per heavy atom. The van der Waals surface area contributed by atoms with E-state index in [1.165, 1.54) is 167 Å². The van der Waals surface area contributed by atoms with Crippen LogP contribution < -0.4 is 5.32 Å². The van der Waals surface area contributed by atoms with Crippen molar-refractivity contribution in [3.05, 3.63) is 0 Å². The molecule has 1 aliphatic heterocycles. The van der Waals surface area contributed by atoms with Gasteiger partial charge in [-0.15, -0.1) is 0 Å². The lowest BCUT2D eigenvalue weighted by Gasteiger charge is -2.40. The van der Waals surface area contributed by atoms with E-state index in [0.717, 1.165) is 38.5 Å². The lowest BCUT2D eigenvalue weighted by Crippen LogP contribution is -2.60. The van der Waals surface area contributed by atoms with Crippen LogP contribution in [0.4, 0.5) is 0 Å². The van der Waals surface area contributed by atoms with E-state index in [4.69, 9.17) is 9.47 Å². The molecule has 0 radical (unpaired) electrons. The lowest BCUT2D eigenvalue weighted by molar-refractivity contribution is -0.303. The Morgan fingerprint density at radius 3 is 1.30 bits per heavy atom. The van der Waals surface area contributed by atoms with Gasteiger partial charge in [-0.1, -0.05) is 213 Å². The summed E-state index contributed by atoms with van der Waals surface area (Å²) >= 11 is 0. The summed E-state index contributed by atoms with van der Waals surface area (Å²) in [7, 11) is 0. The molecule has 1 heterocycles. The normalized spacial score (nSPS) is 21.4. The zero-order valence-corrected chi connectivity index (χ0v) is 37.0. The van der Waals surface area contributed by atoms with Crippen molar-refractivity contribution in [3.8, 4) is 0 Å². The highest BCUT2D eigenvalue weighted by Gasteiger charge is 2.44. The van der Waals surface area contributed by atoms with E-state index in [-0.39, 0.29) is 18.9 Å². The number of hydrogen-bond acceptors (Lipinski definition) is 9. The van der Waals surface area contributed by atoms with Gasteiger partial charge in [0.2, 0.25) is 5.91 Å². The van der Waals surface area contributed by atoms with Gasteiger partial charge in [-0.2, -0.15) is 0 Å². The van der Waals surface area contributed by atoms with Crippen LogP contribution in [-0.2, 0) is 14.3 Å². The van der Waals surface area contributed by atoms with Crippen LogP contribution in [0.1, 0.15) is 232 Å². The molecule has 1 fully saturated rings. The molecule has 0 aromatic carbocycles. The smallest absolute Gasteiger partial charge is 0.220 e. The molecule has 340 valence electrons. The van der Waals surface area contributed by atoms with Gasteiger partial charge in [0.15, 0.2) is 6.29 Å². The Hall–Kier alpha value is -0.850. The van der Waals surface area contributed by atoms with Gasteiger partial charge in [0.25, 0.3) is 0 Å². The van der Waals surface area contributed by atoms with E-state index in [1.807, 2.05) is 0 Å². The molecular weight excluding hydrogens is 723 g/mol. The average Bonchev–Trinajstić information content (AvgIpc) is 3.21. The second-order valence-corrected chi connectivity index (χ2v) is 17.4. The van der Waals surface area contributed by atoms with Gasteiger partial charge in [-0.25, -0.2) is 0 Å². The summed E-state index contributed by atoms with van der Waals surface area (Å²) in [5, 5.41) is 65.3. The summed E-state index contributed by atoms with van der Waals surface area (Å²) in [6.07, 6.45) is 31.0. The van der Waals surface area contributed by atoms with Crippen molar-refractivity contribution in [2.24, 2.45) is 0 Å². The highest BCUT2D eigenvalue weighted by molar-refractivity contribution is 5.76. The van der Waals surface area contributed by atoms with Crippen molar-refractivity contribution in [2.45, 2.75) is 281 Å². The Balaban J connectivity index is 2.36. The molecule has 1 aliphatic rings. The number of aliphatic hydroxyl groups is 6. The molecule has 7 N–H and O–H groups in total. The molecule has 0 saturated carbocycles. The molecule has 57 heavy (non-hydrogen) atoms. The van der Waals surface area contributed by atoms with Crippen LogP contribution in [0.2, 0.25) is 0 Å². The molecule has 0 aromatic heterocycles. The predicted octanol–water partition coefficient (Wildman–Crippen LogP) is 9.31. The maximum Gasteiger partial charge on any atom is 0.220 e. The van der Waals surface area contributed by atoms with Crippen LogP contribution in [0.3, 0.4) is 0 Å².